The molecule has 5 heteroatoms. The molecule has 1 amide bonds. The number of aromatic nitrogens is 2. The first-order valence-corrected chi connectivity index (χ1v) is 9.16. The molecule has 136 valence electrons. The van der Waals surface area contributed by atoms with Crippen molar-refractivity contribution in [2.24, 2.45) is 0 Å². The fourth-order valence-electron chi connectivity index (χ4n) is 3.54. The summed E-state index contributed by atoms with van der Waals surface area (Å²) < 4.78 is 0. The lowest BCUT2D eigenvalue weighted by Gasteiger charge is -2.22. The third kappa shape index (κ3) is 3.40. The van der Waals surface area contributed by atoms with Crippen molar-refractivity contribution in [1.82, 2.24) is 15.3 Å². The zero-order valence-corrected chi connectivity index (χ0v) is 15.5. The summed E-state index contributed by atoms with van der Waals surface area (Å²) in [6, 6.07) is 18.2. The molecule has 1 unspecified atom stereocenters. The molecular weight excluding hydrogens is 336 g/mol. The number of carbonyl (C=O) groups excluding carboxylic acids is 1. The van der Waals surface area contributed by atoms with Crippen LogP contribution in [0, 0.1) is 6.92 Å². The number of hydrogen-bond donors (Lipinski definition) is 1. The van der Waals surface area contributed by atoms with Gasteiger partial charge in [0.25, 0.3) is 5.91 Å². The van der Waals surface area contributed by atoms with Crippen molar-refractivity contribution in [3.05, 3.63) is 83.2 Å². The van der Waals surface area contributed by atoms with E-state index in [0.717, 1.165) is 23.2 Å². The number of anilines is 2. The fourth-order valence-corrected chi connectivity index (χ4v) is 3.54. The van der Waals surface area contributed by atoms with Crippen LogP contribution in [0.25, 0.3) is 0 Å². The van der Waals surface area contributed by atoms with Crippen LogP contribution in [0.15, 0.2) is 60.8 Å². The van der Waals surface area contributed by atoms with Gasteiger partial charge in [0, 0.05) is 24.5 Å². The first-order valence-electron chi connectivity index (χ1n) is 9.16. The lowest BCUT2D eigenvalue weighted by molar-refractivity contribution is 0.0945. The molecular formula is C22H22N4O. The SMILES string of the molecule is Cc1ccccc1CNC(=O)c1ccnc(N2c3ccccc3CC2C)n1. The highest BCUT2D eigenvalue weighted by molar-refractivity contribution is 5.92. The first-order chi connectivity index (χ1) is 13.1. The van der Waals surface area contributed by atoms with Gasteiger partial charge in [-0.15, -0.1) is 0 Å². The number of carbonyl (C=O) groups is 1. The Morgan fingerprint density at radius 3 is 2.78 bits per heavy atom. The maximum Gasteiger partial charge on any atom is 0.270 e. The van der Waals surface area contributed by atoms with Crippen molar-refractivity contribution in [2.75, 3.05) is 4.90 Å². The monoisotopic (exact) mass is 358 g/mol. The fraction of sp³-hybridized carbons (Fsp3) is 0.227. The van der Waals surface area contributed by atoms with Gasteiger partial charge in [-0.3, -0.25) is 4.79 Å². The van der Waals surface area contributed by atoms with Crippen LogP contribution in [-0.4, -0.2) is 21.9 Å². The van der Waals surface area contributed by atoms with Gasteiger partial charge in [-0.2, -0.15) is 0 Å². The molecule has 0 aliphatic carbocycles. The second-order valence-electron chi connectivity index (χ2n) is 6.90. The zero-order valence-electron chi connectivity index (χ0n) is 15.5. The molecule has 1 aromatic heterocycles. The molecule has 1 aliphatic heterocycles. The Kier molecular flexibility index (Phi) is 4.59. The molecule has 0 bridgehead atoms. The average Bonchev–Trinajstić information content (AvgIpc) is 3.03. The Labute approximate surface area is 159 Å². The highest BCUT2D eigenvalue weighted by atomic mass is 16.1. The summed E-state index contributed by atoms with van der Waals surface area (Å²) in [4.78, 5) is 23.7. The number of para-hydroxylation sites is 1. The second kappa shape index (κ2) is 7.19. The summed E-state index contributed by atoms with van der Waals surface area (Å²) in [7, 11) is 0. The average molecular weight is 358 g/mol. The number of benzene rings is 2. The molecule has 1 aliphatic rings. The van der Waals surface area contributed by atoms with E-state index >= 15 is 0 Å². The molecule has 3 aromatic rings. The number of nitrogens with one attached hydrogen (secondary N) is 1. The number of rotatable bonds is 4. The summed E-state index contributed by atoms with van der Waals surface area (Å²) in [5.41, 5.74) is 5.03. The second-order valence-corrected chi connectivity index (χ2v) is 6.90. The van der Waals surface area contributed by atoms with Crippen LogP contribution in [0.4, 0.5) is 11.6 Å². The van der Waals surface area contributed by atoms with Crippen molar-refractivity contribution < 1.29 is 4.79 Å². The highest BCUT2D eigenvalue weighted by Crippen LogP contribution is 2.36. The number of aryl methyl sites for hydroxylation is 1. The maximum absolute atomic E-state index is 12.6. The van der Waals surface area contributed by atoms with Crippen molar-refractivity contribution >= 4 is 17.5 Å². The Morgan fingerprint density at radius 1 is 1.15 bits per heavy atom. The van der Waals surface area contributed by atoms with E-state index in [1.807, 2.05) is 43.3 Å². The van der Waals surface area contributed by atoms with E-state index in [9.17, 15) is 4.79 Å². The van der Waals surface area contributed by atoms with Gasteiger partial charge in [-0.05, 0) is 49.1 Å². The van der Waals surface area contributed by atoms with Crippen LogP contribution in [-0.2, 0) is 13.0 Å². The Balaban J connectivity index is 1.54. The van der Waals surface area contributed by atoms with Crippen LogP contribution < -0.4 is 10.2 Å². The van der Waals surface area contributed by atoms with E-state index in [4.69, 9.17) is 0 Å². The van der Waals surface area contributed by atoms with Crippen molar-refractivity contribution in [2.45, 2.75) is 32.9 Å². The minimum atomic E-state index is -0.193. The molecule has 0 saturated carbocycles. The van der Waals surface area contributed by atoms with E-state index in [1.165, 1.54) is 5.56 Å². The molecule has 4 rings (SSSR count). The Morgan fingerprint density at radius 2 is 1.93 bits per heavy atom. The summed E-state index contributed by atoms with van der Waals surface area (Å²) in [5.74, 6) is 0.373. The predicted molar refractivity (Wildman–Crippen MR) is 106 cm³/mol. The largest absolute Gasteiger partial charge is 0.347 e. The number of fused-ring (bicyclic) bond motifs is 1. The molecule has 5 nitrogen and oxygen atoms in total. The zero-order chi connectivity index (χ0) is 18.8. The van der Waals surface area contributed by atoms with Gasteiger partial charge < -0.3 is 10.2 Å². The van der Waals surface area contributed by atoms with E-state index in [-0.39, 0.29) is 11.9 Å². The number of amides is 1. The molecule has 2 heterocycles. The smallest absolute Gasteiger partial charge is 0.270 e. The molecule has 27 heavy (non-hydrogen) atoms. The van der Waals surface area contributed by atoms with Gasteiger partial charge in [0.1, 0.15) is 5.69 Å². The summed E-state index contributed by atoms with van der Waals surface area (Å²) in [6.45, 7) is 4.67. The minimum Gasteiger partial charge on any atom is -0.347 e. The first kappa shape index (κ1) is 17.2. The third-order valence-electron chi connectivity index (χ3n) is 5.00. The quantitative estimate of drug-likeness (QED) is 0.771. The van der Waals surface area contributed by atoms with Crippen molar-refractivity contribution in [3.8, 4) is 0 Å². The van der Waals surface area contributed by atoms with Gasteiger partial charge in [0.2, 0.25) is 5.95 Å². The van der Waals surface area contributed by atoms with Crippen LogP contribution >= 0.6 is 0 Å². The van der Waals surface area contributed by atoms with E-state index < -0.39 is 0 Å². The highest BCUT2D eigenvalue weighted by Gasteiger charge is 2.29. The van der Waals surface area contributed by atoms with Gasteiger partial charge in [0.05, 0.1) is 0 Å². The van der Waals surface area contributed by atoms with Gasteiger partial charge in [-0.25, -0.2) is 9.97 Å². The molecule has 0 radical (unpaired) electrons. The van der Waals surface area contributed by atoms with Crippen molar-refractivity contribution in [3.63, 3.8) is 0 Å². The Hall–Kier alpha value is -3.21. The van der Waals surface area contributed by atoms with Crippen LogP contribution in [0.3, 0.4) is 0 Å². The summed E-state index contributed by atoms with van der Waals surface area (Å²) >= 11 is 0. The van der Waals surface area contributed by atoms with Gasteiger partial charge in [-0.1, -0.05) is 42.5 Å². The van der Waals surface area contributed by atoms with E-state index in [0.29, 0.717) is 18.2 Å². The Bertz CT molecular complexity index is 985. The lowest BCUT2D eigenvalue weighted by atomic mass is 10.1. The summed E-state index contributed by atoms with van der Waals surface area (Å²) in [5, 5.41) is 2.96. The van der Waals surface area contributed by atoms with Crippen LogP contribution in [0.5, 0.6) is 0 Å². The maximum atomic E-state index is 12.6. The van der Waals surface area contributed by atoms with Crippen LogP contribution in [0.2, 0.25) is 0 Å². The standard InChI is InChI=1S/C22H22N4O/c1-15-7-3-4-9-18(15)14-24-21(27)19-11-12-23-22(25-19)26-16(2)13-17-8-5-6-10-20(17)26/h3-12,16H,13-14H2,1-2H3,(H,24,27). The predicted octanol–water partition coefficient (Wildman–Crippen LogP) is 3.80. The minimum absolute atomic E-state index is 0.193. The van der Waals surface area contributed by atoms with E-state index in [2.05, 4.69) is 39.2 Å². The molecule has 1 atom stereocenters. The molecule has 0 spiro atoms. The summed E-state index contributed by atoms with van der Waals surface area (Å²) in [6.07, 6.45) is 2.60. The number of hydrogen-bond acceptors (Lipinski definition) is 4. The van der Waals surface area contributed by atoms with Gasteiger partial charge in [0.15, 0.2) is 0 Å². The molecule has 1 N–H and O–H groups in total. The molecule has 2 aromatic carbocycles. The molecule has 0 fully saturated rings. The topological polar surface area (TPSA) is 58.1 Å². The molecule has 0 saturated heterocycles. The van der Waals surface area contributed by atoms with Gasteiger partial charge >= 0.3 is 0 Å². The lowest BCUT2D eigenvalue weighted by Crippen LogP contribution is -2.28. The van der Waals surface area contributed by atoms with Crippen molar-refractivity contribution in [1.29, 1.82) is 0 Å². The van der Waals surface area contributed by atoms with E-state index in [1.54, 1.807) is 12.3 Å². The number of nitrogens with zero attached hydrogens (tertiary/aromatic N) is 3. The normalized spacial score (nSPS) is 15.5. The third-order valence-corrected chi connectivity index (χ3v) is 5.00. The van der Waals surface area contributed by atoms with Crippen LogP contribution in [0.1, 0.15) is 34.1 Å².